The lowest BCUT2D eigenvalue weighted by molar-refractivity contribution is 0.641. The Bertz CT molecular complexity index is 510. The lowest BCUT2D eigenvalue weighted by atomic mass is 9.98. The van der Waals surface area contributed by atoms with E-state index in [2.05, 4.69) is 34.1 Å². The van der Waals surface area contributed by atoms with Crippen LogP contribution in [0.3, 0.4) is 0 Å². The van der Waals surface area contributed by atoms with Gasteiger partial charge in [0.1, 0.15) is 0 Å². The minimum absolute atomic E-state index is 0.193. The molecule has 17 heavy (non-hydrogen) atoms. The molecule has 2 N–H and O–H groups in total. The van der Waals surface area contributed by atoms with Crippen molar-refractivity contribution in [1.29, 1.82) is 0 Å². The number of fused-ring (bicyclic) bond motifs is 1. The van der Waals surface area contributed by atoms with Crippen LogP contribution in [0.15, 0.2) is 48.8 Å². The molecule has 1 aliphatic rings. The molecular weight excluding hydrogens is 210 g/mol. The molecule has 0 amide bonds. The Hall–Kier alpha value is -1.87. The summed E-state index contributed by atoms with van der Waals surface area (Å²) in [6.07, 6.45) is 4.59. The van der Waals surface area contributed by atoms with Gasteiger partial charge in [0.25, 0.3) is 0 Å². The molecule has 0 spiro atoms. The van der Waals surface area contributed by atoms with E-state index in [-0.39, 0.29) is 6.04 Å². The first-order chi connectivity index (χ1) is 8.34. The van der Waals surface area contributed by atoms with Crippen LogP contribution in [0.5, 0.6) is 0 Å². The molecule has 1 aliphatic heterocycles. The Labute approximate surface area is 101 Å². The van der Waals surface area contributed by atoms with Crippen LogP contribution >= 0.6 is 0 Å². The van der Waals surface area contributed by atoms with E-state index in [9.17, 15) is 0 Å². The Morgan fingerprint density at radius 2 is 1.88 bits per heavy atom. The first kappa shape index (κ1) is 10.3. The molecule has 2 heterocycles. The second-order valence-electron chi connectivity index (χ2n) is 4.41. The predicted molar refractivity (Wildman–Crippen MR) is 69.4 cm³/mol. The van der Waals surface area contributed by atoms with Gasteiger partial charge in [0.15, 0.2) is 0 Å². The standard InChI is InChI=1S/C14H15N3/c15-12-9-11-3-1-2-4-14(11)17(10-12)13-5-7-16-8-6-13/h1-8,12H,9-10,15H2. The van der Waals surface area contributed by atoms with Gasteiger partial charge in [-0.15, -0.1) is 0 Å². The maximum Gasteiger partial charge on any atom is 0.0444 e. The Balaban J connectivity index is 2.07. The highest BCUT2D eigenvalue weighted by atomic mass is 15.2. The summed E-state index contributed by atoms with van der Waals surface area (Å²) in [5.41, 5.74) is 9.86. The third kappa shape index (κ3) is 1.89. The summed E-state index contributed by atoms with van der Waals surface area (Å²) in [7, 11) is 0. The van der Waals surface area contributed by atoms with Crippen LogP contribution in [0.2, 0.25) is 0 Å². The molecule has 0 radical (unpaired) electrons. The highest BCUT2D eigenvalue weighted by Gasteiger charge is 2.22. The van der Waals surface area contributed by atoms with Gasteiger partial charge in [0.2, 0.25) is 0 Å². The summed E-state index contributed by atoms with van der Waals surface area (Å²) in [5.74, 6) is 0. The van der Waals surface area contributed by atoms with Crippen molar-refractivity contribution in [3.8, 4) is 0 Å². The molecule has 0 bridgehead atoms. The second kappa shape index (κ2) is 4.18. The van der Waals surface area contributed by atoms with Crippen LogP contribution in [-0.4, -0.2) is 17.6 Å². The minimum atomic E-state index is 0.193. The van der Waals surface area contributed by atoms with Gasteiger partial charge >= 0.3 is 0 Å². The van der Waals surface area contributed by atoms with E-state index in [1.165, 1.54) is 11.3 Å². The third-order valence-corrected chi connectivity index (χ3v) is 3.16. The molecule has 0 fully saturated rings. The maximum atomic E-state index is 6.12. The highest BCUT2D eigenvalue weighted by Crippen LogP contribution is 2.32. The number of pyridine rings is 1. The zero-order valence-corrected chi connectivity index (χ0v) is 9.58. The summed E-state index contributed by atoms with van der Waals surface area (Å²) in [6.45, 7) is 0.862. The normalized spacial score (nSPS) is 18.9. The molecular formula is C14H15N3. The number of benzene rings is 1. The van der Waals surface area contributed by atoms with E-state index in [1.807, 2.05) is 24.5 Å². The van der Waals surface area contributed by atoms with Crippen molar-refractivity contribution in [2.24, 2.45) is 5.73 Å². The quantitative estimate of drug-likeness (QED) is 0.808. The average Bonchev–Trinajstić information content (AvgIpc) is 2.39. The number of rotatable bonds is 1. The number of para-hydroxylation sites is 1. The molecule has 3 nitrogen and oxygen atoms in total. The average molecular weight is 225 g/mol. The van der Waals surface area contributed by atoms with E-state index in [1.54, 1.807) is 0 Å². The van der Waals surface area contributed by atoms with Gasteiger partial charge in [-0.2, -0.15) is 0 Å². The van der Waals surface area contributed by atoms with E-state index in [4.69, 9.17) is 5.73 Å². The smallest absolute Gasteiger partial charge is 0.0444 e. The van der Waals surface area contributed by atoms with Crippen LogP contribution in [0.1, 0.15) is 5.56 Å². The van der Waals surface area contributed by atoms with Crippen LogP contribution in [0.4, 0.5) is 11.4 Å². The monoisotopic (exact) mass is 225 g/mol. The first-order valence-electron chi connectivity index (χ1n) is 5.85. The van der Waals surface area contributed by atoms with Crippen molar-refractivity contribution < 1.29 is 0 Å². The fraction of sp³-hybridized carbons (Fsp3) is 0.214. The predicted octanol–water partition coefficient (Wildman–Crippen LogP) is 2.10. The molecule has 3 rings (SSSR count). The molecule has 86 valence electrons. The molecule has 1 aromatic heterocycles. The topological polar surface area (TPSA) is 42.1 Å². The van der Waals surface area contributed by atoms with Gasteiger partial charge in [-0.1, -0.05) is 18.2 Å². The summed E-state index contributed by atoms with van der Waals surface area (Å²) in [5, 5.41) is 0. The highest BCUT2D eigenvalue weighted by molar-refractivity contribution is 5.67. The van der Waals surface area contributed by atoms with Crippen LogP contribution in [0, 0.1) is 0 Å². The van der Waals surface area contributed by atoms with Crippen LogP contribution in [0.25, 0.3) is 0 Å². The first-order valence-corrected chi connectivity index (χ1v) is 5.85. The SMILES string of the molecule is NC1Cc2ccccc2N(c2ccncc2)C1. The Morgan fingerprint density at radius 1 is 1.12 bits per heavy atom. The Morgan fingerprint density at radius 3 is 2.71 bits per heavy atom. The van der Waals surface area contributed by atoms with Crippen molar-refractivity contribution in [2.75, 3.05) is 11.4 Å². The fourth-order valence-corrected chi connectivity index (χ4v) is 2.40. The largest absolute Gasteiger partial charge is 0.340 e. The molecule has 1 unspecified atom stereocenters. The summed E-state index contributed by atoms with van der Waals surface area (Å²) < 4.78 is 0. The summed E-state index contributed by atoms with van der Waals surface area (Å²) in [4.78, 5) is 6.33. The lowest BCUT2D eigenvalue weighted by Gasteiger charge is -2.34. The zero-order valence-electron chi connectivity index (χ0n) is 9.58. The number of hydrogen-bond acceptors (Lipinski definition) is 3. The van der Waals surface area contributed by atoms with Crippen molar-refractivity contribution in [3.63, 3.8) is 0 Å². The van der Waals surface area contributed by atoms with E-state index in [0.717, 1.165) is 18.7 Å². The molecule has 0 saturated carbocycles. The van der Waals surface area contributed by atoms with E-state index >= 15 is 0 Å². The maximum absolute atomic E-state index is 6.12. The van der Waals surface area contributed by atoms with E-state index in [0.29, 0.717) is 0 Å². The van der Waals surface area contributed by atoms with Crippen molar-refractivity contribution >= 4 is 11.4 Å². The number of nitrogens with zero attached hydrogens (tertiary/aromatic N) is 2. The van der Waals surface area contributed by atoms with Gasteiger partial charge in [-0.3, -0.25) is 4.98 Å². The lowest BCUT2D eigenvalue weighted by Crippen LogP contribution is -2.40. The Kier molecular flexibility index (Phi) is 2.53. The summed E-state index contributed by atoms with van der Waals surface area (Å²) in [6, 6.07) is 12.7. The van der Waals surface area contributed by atoms with Crippen molar-refractivity contribution in [2.45, 2.75) is 12.5 Å². The molecule has 1 atom stereocenters. The zero-order chi connectivity index (χ0) is 11.7. The molecule has 2 aromatic rings. The van der Waals surface area contributed by atoms with Gasteiger partial charge in [-0.25, -0.2) is 0 Å². The molecule has 0 saturated heterocycles. The molecule has 0 aliphatic carbocycles. The van der Waals surface area contributed by atoms with Gasteiger partial charge in [0.05, 0.1) is 0 Å². The minimum Gasteiger partial charge on any atom is -0.340 e. The van der Waals surface area contributed by atoms with Gasteiger partial charge in [0, 0.05) is 36.4 Å². The fourth-order valence-electron chi connectivity index (χ4n) is 2.40. The van der Waals surface area contributed by atoms with Crippen molar-refractivity contribution in [3.05, 3.63) is 54.4 Å². The van der Waals surface area contributed by atoms with E-state index < -0.39 is 0 Å². The molecule has 1 aromatic carbocycles. The number of hydrogen-bond donors (Lipinski definition) is 1. The van der Waals surface area contributed by atoms with Gasteiger partial charge in [-0.05, 0) is 30.2 Å². The summed E-state index contributed by atoms with van der Waals surface area (Å²) >= 11 is 0. The second-order valence-corrected chi connectivity index (χ2v) is 4.41. The van der Waals surface area contributed by atoms with Gasteiger partial charge < -0.3 is 10.6 Å². The number of nitrogens with two attached hydrogens (primary N) is 1. The third-order valence-electron chi connectivity index (χ3n) is 3.16. The molecule has 3 heteroatoms. The van der Waals surface area contributed by atoms with Crippen LogP contribution < -0.4 is 10.6 Å². The van der Waals surface area contributed by atoms with Crippen LogP contribution in [-0.2, 0) is 6.42 Å². The number of aromatic nitrogens is 1. The van der Waals surface area contributed by atoms with Crippen molar-refractivity contribution in [1.82, 2.24) is 4.98 Å². The number of anilines is 2.